The van der Waals surface area contributed by atoms with E-state index in [1.54, 1.807) is 16.3 Å². The summed E-state index contributed by atoms with van der Waals surface area (Å²) in [7, 11) is 0. The second-order valence-corrected chi connectivity index (χ2v) is 4.38. The third kappa shape index (κ3) is 3.19. The van der Waals surface area contributed by atoms with Crippen molar-refractivity contribution in [1.82, 2.24) is 4.90 Å². The van der Waals surface area contributed by atoms with E-state index in [1.165, 1.54) is 11.3 Å². The molecule has 0 fully saturated rings. The topological polar surface area (TPSA) is 40.5 Å². The molecule has 1 heterocycles. The van der Waals surface area contributed by atoms with Gasteiger partial charge < -0.3 is 10.0 Å². The van der Waals surface area contributed by atoms with E-state index in [9.17, 15) is 4.79 Å². The van der Waals surface area contributed by atoms with Crippen molar-refractivity contribution < 1.29 is 9.90 Å². The predicted octanol–water partition coefficient (Wildman–Crippen LogP) is 2.25. The summed E-state index contributed by atoms with van der Waals surface area (Å²) in [5.74, 6) is -0.0500. The maximum absolute atomic E-state index is 11.9. The first-order chi connectivity index (χ1) is 7.20. The molecule has 1 amide bonds. The molecule has 0 aliphatic heterocycles. The molecule has 0 radical (unpaired) electrons. The second-order valence-electron chi connectivity index (χ2n) is 3.06. The van der Waals surface area contributed by atoms with Crippen LogP contribution < -0.4 is 0 Å². The van der Waals surface area contributed by atoms with Crippen molar-refractivity contribution in [3.05, 3.63) is 21.3 Å². The van der Waals surface area contributed by atoms with Crippen LogP contribution in [-0.4, -0.2) is 35.6 Å². The largest absolute Gasteiger partial charge is 0.396 e. The van der Waals surface area contributed by atoms with Gasteiger partial charge in [0.2, 0.25) is 0 Å². The number of aliphatic hydroxyl groups excluding tert-OH is 1. The number of aliphatic hydroxyl groups is 1. The molecule has 3 nitrogen and oxygen atoms in total. The molecule has 15 heavy (non-hydrogen) atoms. The Kier molecular flexibility index (Phi) is 5.08. The van der Waals surface area contributed by atoms with Crippen LogP contribution in [0.25, 0.3) is 0 Å². The molecule has 0 aromatic carbocycles. The highest BCUT2D eigenvalue weighted by Crippen LogP contribution is 2.23. The minimum absolute atomic E-state index is 0.0500. The molecule has 1 aromatic rings. The Balaban J connectivity index is 2.69. The van der Waals surface area contributed by atoms with Gasteiger partial charge in [0.1, 0.15) is 4.88 Å². The monoisotopic (exact) mass is 247 g/mol. The maximum atomic E-state index is 11.9. The van der Waals surface area contributed by atoms with Gasteiger partial charge in [-0.15, -0.1) is 11.3 Å². The molecule has 0 aliphatic rings. The zero-order valence-electron chi connectivity index (χ0n) is 8.57. The fourth-order valence-corrected chi connectivity index (χ4v) is 2.36. The van der Waals surface area contributed by atoms with Crippen molar-refractivity contribution in [3.63, 3.8) is 0 Å². The lowest BCUT2D eigenvalue weighted by Crippen LogP contribution is -2.31. The van der Waals surface area contributed by atoms with E-state index in [2.05, 4.69) is 0 Å². The molecule has 5 heteroatoms. The second kappa shape index (κ2) is 6.10. The summed E-state index contributed by atoms with van der Waals surface area (Å²) in [6.45, 7) is 3.21. The quantitative estimate of drug-likeness (QED) is 0.867. The van der Waals surface area contributed by atoms with Gasteiger partial charge in [0, 0.05) is 19.7 Å². The van der Waals surface area contributed by atoms with Crippen LogP contribution in [-0.2, 0) is 0 Å². The van der Waals surface area contributed by atoms with E-state index in [-0.39, 0.29) is 12.5 Å². The van der Waals surface area contributed by atoms with E-state index >= 15 is 0 Å². The number of hydrogen-bond donors (Lipinski definition) is 1. The maximum Gasteiger partial charge on any atom is 0.265 e. The molecule has 0 bridgehead atoms. The van der Waals surface area contributed by atoms with Crippen molar-refractivity contribution in [1.29, 1.82) is 0 Å². The lowest BCUT2D eigenvalue weighted by molar-refractivity contribution is 0.0759. The molecule has 1 rings (SSSR count). The van der Waals surface area contributed by atoms with E-state index in [0.29, 0.717) is 29.4 Å². The third-order valence-electron chi connectivity index (χ3n) is 2.07. The van der Waals surface area contributed by atoms with Gasteiger partial charge in [-0.05, 0) is 24.8 Å². The zero-order chi connectivity index (χ0) is 11.3. The highest BCUT2D eigenvalue weighted by atomic mass is 35.5. The predicted molar refractivity (Wildman–Crippen MR) is 62.6 cm³/mol. The van der Waals surface area contributed by atoms with Crippen LogP contribution in [0, 0.1) is 0 Å². The lowest BCUT2D eigenvalue weighted by atomic mass is 10.3. The van der Waals surface area contributed by atoms with E-state index in [0.717, 1.165) is 0 Å². The molecule has 0 atom stereocenters. The van der Waals surface area contributed by atoms with E-state index in [1.807, 2.05) is 6.92 Å². The number of rotatable bonds is 5. The molecule has 0 unspecified atom stereocenters. The van der Waals surface area contributed by atoms with Crippen molar-refractivity contribution in [2.45, 2.75) is 13.3 Å². The summed E-state index contributed by atoms with van der Waals surface area (Å²) in [4.78, 5) is 14.2. The van der Waals surface area contributed by atoms with Crippen LogP contribution in [0.1, 0.15) is 23.0 Å². The number of thiophene rings is 1. The third-order valence-corrected chi connectivity index (χ3v) is 3.40. The van der Waals surface area contributed by atoms with Crippen molar-refractivity contribution >= 4 is 28.8 Å². The average molecular weight is 248 g/mol. The van der Waals surface area contributed by atoms with Gasteiger partial charge in [-0.25, -0.2) is 0 Å². The fourth-order valence-electron chi connectivity index (χ4n) is 1.25. The highest BCUT2D eigenvalue weighted by molar-refractivity contribution is 7.12. The standard InChI is InChI=1S/C10H14ClNO2S/c1-2-12(5-3-6-13)10(14)9-8(11)4-7-15-9/h4,7,13H,2-3,5-6H2,1H3. The number of nitrogens with zero attached hydrogens (tertiary/aromatic N) is 1. The summed E-state index contributed by atoms with van der Waals surface area (Å²) >= 11 is 7.23. The molecule has 1 aromatic heterocycles. The van der Waals surface area contributed by atoms with Crippen molar-refractivity contribution in [2.24, 2.45) is 0 Å². The molecule has 0 saturated carbocycles. The van der Waals surface area contributed by atoms with Crippen LogP contribution in [0.15, 0.2) is 11.4 Å². The van der Waals surface area contributed by atoms with Crippen LogP contribution in [0.5, 0.6) is 0 Å². The summed E-state index contributed by atoms with van der Waals surface area (Å²) < 4.78 is 0. The summed E-state index contributed by atoms with van der Waals surface area (Å²) in [6, 6.07) is 1.72. The molecule has 0 spiro atoms. The molecular formula is C10H14ClNO2S. The molecule has 84 valence electrons. The van der Waals surface area contributed by atoms with Crippen LogP contribution in [0.4, 0.5) is 0 Å². The Bertz CT molecular complexity index is 327. The Morgan fingerprint density at radius 2 is 2.40 bits per heavy atom. The number of carbonyl (C=O) groups is 1. The molecule has 0 aliphatic carbocycles. The molecule has 1 N–H and O–H groups in total. The summed E-state index contributed by atoms with van der Waals surface area (Å²) in [6.07, 6.45) is 0.600. The van der Waals surface area contributed by atoms with Crippen LogP contribution in [0.3, 0.4) is 0 Å². The Morgan fingerprint density at radius 1 is 1.67 bits per heavy atom. The van der Waals surface area contributed by atoms with Gasteiger partial charge in [0.05, 0.1) is 5.02 Å². The van der Waals surface area contributed by atoms with Crippen molar-refractivity contribution in [2.75, 3.05) is 19.7 Å². The van der Waals surface area contributed by atoms with Crippen molar-refractivity contribution in [3.8, 4) is 0 Å². The fraction of sp³-hybridized carbons (Fsp3) is 0.500. The van der Waals surface area contributed by atoms with Gasteiger partial charge >= 0.3 is 0 Å². The Morgan fingerprint density at radius 3 is 2.87 bits per heavy atom. The van der Waals surface area contributed by atoms with Crippen LogP contribution >= 0.6 is 22.9 Å². The smallest absolute Gasteiger partial charge is 0.265 e. The molecular weight excluding hydrogens is 234 g/mol. The van der Waals surface area contributed by atoms with Gasteiger partial charge in [0.25, 0.3) is 5.91 Å². The summed E-state index contributed by atoms with van der Waals surface area (Å²) in [5.41, 5.74) is 0. The molecule has 0 saturated heterocycles. The van der Waals surface area contributed by atoms with E-state index < -0.39 is 0 Å². The average Bonchev–Trinajstić information content (AvgIpc) is 2.65. The van der Waals surface area contributed by atoms with Gasteiger partial charge in [0.15, 0.2) is 0 Å². The number of halogens is 1. The number of hydrogen-bond acceptors (Lipinski definition) is 3. The minimum atomic E-state index is -0.0500. The first kappa shape index (κ1) is 12.5. The highest BCUT2D eigenvalue weighted by Gasteiger charge is 2.17. The number of amides is 1. The van der Waals surface area contributed by atoms with E-state index in [4.69, 9.17) is 16.7 Å². The Hall–Kier alpha value is -0.580. The van der Waals surface area contributed by atoms with Gasteiger partial charge in [-0.1, -0.05) is 11.6 Å². The zero-order valence-corrected chi connectivity index (χ0v) is 10.1. The SMILES string of the molecule is CCN(CCCO)C(=O)c1sccc1Cl. The van der Waals surface area contributed by atoms with Gasteiger partial charge in [-0.3, -0.25) is 4.79 Å². The summed E-state index contributed by atoms with van der Waals surface area (Å²) in [5, 5.41) is 11.0. The first-order valence-electron chi connectivity index (χ1n) is 4.83. The lowest BCUT2D eigenvalue weighted by Gasteiger charge is -2.19. The minimum Gasteiger partial charge on any atom is -0.396 e. The van der Waals surface area contributed by atoms with Gasteiger partial charge in [-0.2, -0.15) is 0 Å². The normalized spacial score (nSPS) is 10.3. The number of carbonyl (C=O) groups excluding carboxylic acids is 1. The Labute approximate surface area is 98.3 Å². The van der Waals surface area contributed by atoms with Crippen LogP contribution in [0.2, 0.25) is 5.02 Å². The first-order valence-corrected chi connectivity index (χ1v) is 6.09.